The lowest BCUT2D eigenvalue weighted by atomic mass is 10.2. The molecule has 3 aromatic carbocycles. The molecule has 3 aromatic rings. The Morgan fingerprint density at radius 3 is 2.21 bits per heavy atom. The minimum absolute atomic E-state index is 0.322. The Labute approximate surface area is 177 Å². The first-order chi connectivity index (χ1) is 13.4. The second kappa shape index (κ2) is 9.20. The molecule has 0 radical (unpaired) electrons. The molecule has 0 bridgehead atoms. The van der Waals surface area contributed by atoms with Gasteiger partial charge in [0.2, 0.25) is 0 Å². The number of hydrogen-bond donors (Lipinski definition) is 1. The van der Waals surface area contributed by atoms with Gasteiger partial charge in [-0.2, -0.15) is 0 Å². The molecule has 7 heteroatoms. The van der Waals surface area contributed by atoms with Crippen LogP contribution in [0.1, 0.15) is 6.92 Å². The number of rotatable bonds is 6. The van der Waals surface area contributed by atoms with Crippen LogP contribution in [0.2, 0.25) is 15.1 Å². The van der Waals surface area contributed by atoms with Crippen molar-refractivity contribution < 1.29 is 14.3 Å². The summed E-state index contributed by atoms with van der Waals surface area (Å²) >= 11 is 18.1. The van der Waals surface area contributed by atoms with Crippen molar-refractivity contribution in [1.29, 1.82) is 0 Å². The van der Waals surface area contributed by atoms with E-state index in [1.807, 2.05) is 30.3 Å². The Morgan fingerprint density at radius 1 is 0.893 bits per heavy atom. The predicted molar refractivity (Wildman–Crippen MR) is 113 cm³/mol. The SMILES string of the molecule is CC(Oc1ccc(Cl)cc1Cl)C(=O)Nc1cc(Cl)ccc1Oc1ccccc1. The number of anilines is 1. The molecular formula is C21H16Cl3NO3. The van der Waals surface area contributed by atoms with E-state index in [-0.39, 0.29) is 5.91 Å². The molecule has 28 heavy (non-hydrogen) atoms. The normalized spacial score (nSPS) is 11.6. The number of carbonyl (C=O) groups excluding carboxylic acids is 1. The highest BCUT2D eigenvalue weighted by molar-refractivity contribution is 6.35. The third kappa shape index (κ3) is 5.32. The van der Waals surface area contributed by atoms with Gasteiger partial charge in [-0.1, -0.05) is 53.0 Å². The van der Waals surface area contributed by atoms with Gasteiger partial charge in [-0.15, -0.1) is 0 Å². The average molecular weight is 437 g/mol. The molecule has 144 valence electrons. The highest BCUT2D eigenvalue weighted by Crippen LogP contribution is 2.33. The number of halogens is 3. The highest BCUT2D eigenvalue weighted by atomic mass is 35.5. The fourth-order valence-corrected chi connectivity index (χ4v) is 2.98. The molecule has 0 saturated carbocycles. The molecular weight excluding hydrogens is 421 g/mol. The number of ether oxygens (including phenoxy) is 2. The zero-order valence-electron chi connectivity index (χ0n) is 14.8. The summed E-state index contributed by atoms with van der Waals surface area (Å²) in [6, 6.07) is 19.0. The van der Waals surface area contributed by atoms with Gasteiger partial charge in [0.25, 0.3) is 5.91 Å². The summed E-state index contributed by atoms with van der Waals surface area (Å²) in [5, 5.41) is 4.05. The van der Waals surface area contributed by atoms with Crippen molar-refractivity contribution in [2.45, 2.75) is 13.0 Å². The summed E-state index contributed by atoms with van der Waals surface area (Å²) in [4.78, 5) is 12.6. The molecule has 0 aliphatic rings. The van der Waals surface area contributed by atoms with E-state index in [0.717, 1.165) is 0 Å². The van der Waals surface area contributed by atoms with Gasteiger partial charge in [-0.05, 0) is 55.5 Å². The quantitative estimate of drug-likeness (QED) is 0.460. The van der Waals surface area contributed by atoms with Crippen LogP contribution in [0.15, 0.2) is 66.7 Å². The van der Waals surface area contributed by atoms with Crippen LogP contribution in [0, 0.1) is 0 Å². The minimum Gasteiger partial charge on any atom is -0.479 e. The van der Waals surface area contributed by atoms with Crippen LogP contribution in [0.3, 0.4) is 0 Å². The number of para-hydroxylation sites is 1. The Morgan fingerprint density at radius 2 is 1.54 bits per heavy atom. The summed E-state index contributed by atoms with van der Waals surface area (Å²) in [6.07, 6.45) is -0.817. The Kier molecular flexibility index (Phi) is 6.68. The Hall–Kier alpha value is -2.40. The third-order valence-corrected chi connectivity index (χ3v) is 4.50. The van der Waals surface area contributed by atoms with E-state index < -0.39 is 6.10 Å². The van der Waals surface area contributed by atoms with Gasteiger partial charge in [0, 0.05) is 10.0 Å². The summed E-state index contributed by atoms with van der Waals surface area (Å²) in [7, 11) is 0. The second-order valence-corrected chi connectivity index (χ2v) is 7.16. The summed E-state index contributed by atoms with van der Waals surface area (Å²) in [5.41, 5.74) is 0.430. The summed E-state index contributed by atoms with van der Waals surface area (Å²) < 4.78 is 11.5. The molecule has 0 aliphatic carbocycles. The van der Waals surface area contributed by atoms with Crippen molar-refractivity contribution in [3.63, 3.8) is 0 Å². The van der Waals surface area contributed by atoms with Crippen molar-refractivity contribution in [2.24, 2.45) is 0 Å². The zero-order valence-corrected chi connectivity index (χ0v) is 17.1. The molecule has 3 rings (SSSR count). The van der Waals surface area contributed by atoms with Crippen LogP contribution in [0.4, 0.5) is 5.69 Å². The van der Waals surface area contributed by atoms with Gasteiger partial charge in [0.05, 0.1) is 10.7 Å². The van der Waals surface area contributed by atoms with E-state index in [1.54, 1.807) is 43.3 Å². The number of hydrogen-bond acceptors (Lipinski definition) is 3. The van der Waals surface area contributed by atoms with E-state index >= 15 is 0 Å². The van der Waals surface area contributed by atoms with Gasteiger partial charge in [0.15, 0.2) is 11.9 Å². The number of benzene rings is 3. The second-order valence-electron chi connectivity index (χ2n) is 5.88. The zero-order chi connectivity index (χ0) is 20.1. The summed E-state index contributed by atoms with van der Waals surface area (Å²) in [6.45, 7) is 1.61. The van der Waals surface area contributed by atoms with Crippen molar-refractivity contribution in [3.05, 3.63) is 81.8 Å². The Bertz CT molecular complexity index is 980. The molecule has 1 N–H and O–H groups in total. The lowest BCUT2D eigenvalue weighted by Crippen LogP contribution is -2.30. The summed E-state index contributed by atoms with van der Waals surface area (Å²) in [5.74, 6) is 1.07. The monoisotopic (exact) mass is 435 g/mol. The van der Waals surface area contributed by atoms with E-state index in [0.29, 0.717) is 38.0 Å². The fourth-order valence-electron chi connectivity index (χ4n) is 2.35. The van der Waals surface area contributed by atoms with E-state index in [4.69, 9.17) is 44.3 Å². The van der Waals surface area contributed by atoms with E-state index in [2.05, 4.69) is 5.32 Å². The maximum atomic E-state index is 12.6. The minimum atomic E-state index is -0.817. The molecule has 0 aliphatic heterocycles. The molecule has 1 unspecified atom stereocenters. The van der Waals surface area contributed by atoms with E-state index in [1.165, 1.54) is 0 Å². The molecule has 0 spiro atoms. The predicted octanol–water partition coefficient (Wildman–Crippen LogP) is 6.85. The lowest BCUT2D eigenvalue weighted by Gasteiger charge is -2.17. The molecule has 0 fully saturated rings. The van der Waals surface area contributed by atoms with Gasteiger partial charge >= 0.3 is 0 Å². The number of amides is 1. The molecule has 1 atom stereocenters. The van der Waals surface area contributed by atoms with Gasteiger partial charge < -0.3 is 14.8 Å². The van der Waals surface area contributed by atoms with Crippen LogP contribution < -0.4 is 14.8 Å². The van der Waals surface area contributed by atoms with Crippen LogP contribution >= 0.6 is 34.8 Å². The van der Waals surface area contributed by atoms with Crippen molar-refractivity contribution in [1.82, 2.24) is 0 Å². The van der Waals surface area contributed by atoms with E-state index in [9.17, 15) is 4.79 Å². The largest absolute Gasteiger partial charge is 0.479 e. The lowest BCUT2D eigenvalue weighted by molar-refractivity contribution is -0.122. The Balaban J connectivity index is 1.74. The fraction of sp³-hybridized carbons (Fsp3) is 0.0952. The molecule has 1 amide bonds. The molecule has 0 heterocycles. The maximum absolute atomic E-state index is 12.6. The first-order valence-corrected chi connectivity index (χ1v) is 9.51. The standard InChI is InChI=1S/C21H16Cl3NO3/c1-13(27-19-9-7-14(22)11-17(19)24)21(26)25-18-12-15(23)8-10-20(18)28-16-5-3-2-4-6-16/h2-13H,1H3,(H,25,26). The van der Waals surface area contributed by atoms with Crippen molar-refractivity contribution in [3.8, 4) is 17.2 Å². The number of nitrogens with one attached hydrogen (secondary N) is 1. The van der Waals surface area contributed by atoms with Gasteiger partial charge in [-0.3, -0.25) is 4.79 Å². The van der Waals surface area contributed by atoms with Crippen LogP contribution in [0.25, 0.3) is 0 Å². The van der Waals surface area contributed by atoms with Crippen molar-refractivity contribution >= 4 is 46.4 Å². The van der Waals surface area contributed by atoms with Crippen LogP contribution in [0.5, 0.6) is 17.2 Å². The average Bonchev–Trinajstić information content (AvgIpc) is 2.67. The first-order valence-electron chi connectivity index (χ1n) is 8.37. The van der Waals surface area contributed by atoms with Crippen LogP contribution in [-0.2, 0) is 4.79 Å². The van der Waals surface area contributed by atoms with Crippen molar-refractivity contribution in [2.75, 3.05) is 5.32 Å². The molecule has 0 saturated heterocycles. The molecule has 0 aromatic heterocycles. The third-order valence-electron chi connectivity index (χ3n) is 3.74. The number of carbonyl (C=O) groups is 1. The van der Waals surface area contributed by atoms with Gasteiger partial charge in [0.1, 0.15) is 11.5 Å². The van der Waals surface area contributed by atoms with Gasteiger partial charge in [-0.25, -0.2) is 0 Å². The smallest absolute Gasteiger partial charge is 0.265 e. The van der Waals surface area contributed by atoms with Crippen LogP contribution in [-0.4, -0.2) is 12.0 Å². The highest BCUT2D eigenvalue weighted by Gasteiger charge is 2.18. The first kappa shape index (κ1) is 20.3. The molecule has 4 nitrogen and oxygen atoms in total. The topological polar surface area (TPSA) is 47.6 Å². The maximum Gasteiger partial charge on any atom is 0.265 e.